The number of rotatable bonds is 12. The van der Waals surface area contributed by atoms with Crippen molar-refractivity contribution in [3.8, 4) is 11.5 Å². The molecule has 4 aromatic carbocycles. The normalized spacial score (nSPS) is 12.7. The van der Waals surface area contributed by atoms with Gasteiger partial charge in [0, 0.05) is 55.4 Å². The fraction of sp³-hybridized carbons (Fsp3) is 0.222. The molecule has 226 valence electrons. The van der Waals surface area contributed by atoms with E-state index in [0.29, 0.717) is 41.6 Å². The summed E-state index contributed by atoms with van der Waals surface area (Å²) in [5, 5.41) is 22.9. The molecule has 0 fully saturated rings. The third-order valence-corrected chi connectivity index (χ3v) is 7.81. The van der Waals surface area contributed by atoms with Crippen LogP contribution in [-0.2, 0) is 13.0 Å². The SMILES string of the molecule is CN(C)C(=O)c1ccc2nccc(Oc3ccc(C[C@@H](CO)N(Cc4ccccc4)C[C@H](O)c4cccc(Cl)c4)cc3)c2c1. The summed E-state index contributed by atoms with van der Waals surface area (Å²) in [4.78, 5) is 20.6. The maximum atomic E-state index is 12.5. The number of hydrogen-bond acceptors (Lipinski definition) is 6. The first-order valence-corrected chi connectivity index (χ1v) is 14.9. The third-order valence-electron chi connectivity index (χ3n) is 7.57. The van der Waals surface area contributed by atoms with Gasteiger partial charge < -0.3 is 19.8 Å². The van der Waals surface area contributed by atoms with Crippen molar-refractivity contribution < 1.29 is 19.7 Å². The molecule has 0 saturated carbocycles. The molecule has 0 radical (unpaired) electrons. The molecule has 5 rings (SSSR count). The smallest absolute Gasteiger partial charge is 0.253 e. The molecule has 0 unspecified atom stereocenters. The summed E-state index contributed by atoms with van der Waals surface area (Å²) in [7, 11) is 3.44. The lowest BCUT2D eigenvalue weighted by molar-refractivity contribution is 0.0566. The molecule has 0 aliphatic heterocycles. The molecule has 5 aromatic rings. The van der Waals surface area contributed by atoms with E-state index >= 15 is 0 Å². The zero-order valence-electron chi connectivity index (χ0n) is 24.8. The van der Waals surface area contributed by atoms with Gasteiger partial charge in [0.15, 0.2) is 0 Å². The topological polar surface area (TPSA) is 86.1 Å². The van der Waals surface area contributed by atoms with Crippen molar-refractivity contribution in [2.45, 2.75) is 25.1 Å². The second-order valence-electron chi connectivity index (χ2n) is 11.0. The molecule has 0 bridgehead atoms. The molecule has 0 spiro atoms. The van der Waals surface area contributed by atoms with Crippen LogP contribution >= 0.6 is 11.6 Å². The molecular weight excluding hydrogens is 574 g/mol. The molecule has 0 aliphatic rings. The van der Waals surface area contributed by atoms with Crippen LogP contribution in [0.1, 0.15) is 33.2 Å². The number of benzene rings is 4. The van der Waals surface area contributed by atoms with Gasteiger partial charge in [0.1, 0.15) is 11.5 Å². The Bertz CT molecular complexity index is 1700. The van der Waals surface area contributed by atoms with Crippen molar-refractivity contribution in [2.75, 3.05) is 27.2 Å². The van der Waals surface area contributed by atoms with Crippen LogP contribution in [0.3, 0.4) is 0 Å². The van der Waals surface area contributed by atoms with Gasteiger partial charge in [0.05, 0.1) is 18.2 Å². The predicted octanol–water partition coefficient (Wildman–Crippen LogP) is 6.52. The molecule has 1 amide bonds. The minimum atomic E-state index is -0.772. The van der Waals surface area contributed by atoms with Gasteiger partial charge >= 0.3 is 0 Å². The van der Waals surface area contributed by atoms with E-state index in [4.69, 9.17) is 16.3 Å². The molecule has 7 nitrogen and oxygen atoms in total. The summed E-state index contributed by atoms with van der Waals surface area (Å²) in [6.45, 7) is 0.817. The Morgan fingerprint density at radius 1 is 0.909 bits per heavy atom. The molecule has 8 heteroatoms. The summed E-state index contributed by atoms with van der Waals surface area (Å²) >= 11 is 6.18. The first-order valence-electron chi connectivity index (χ1n) is 14.5. The highest BCUT2D eigenvalue weighted by Crippen LogP contribution is 2.30. The van der Waals surface area contributed by atoms with Crippen molar-refractivity contribution >= 4 is 28.4 Å². The lowest BCUT2D eigenvalue weighted by Crippen LogP contribution is -2.41. The molecule has 0 saturated heterocycles. The summed E-state index contributed by atoms with van der Waals surface area (Å²) < 4.78 is 6.24. The zero-order valence-corrected chi connectivity index (χ0v) is 25.6. The van der Waals surface area contributed by atoms with Crippen molar-refractivity contribution in [3.63, 3.8) is 0 Å². The van der Waals surface area contributed by atoms with E-state index in [1.54, 1.807) is 50.6 Å². The number of pyridine rings is 1. The minimum Gasteiger partial charge on any atom is -0.457 e. The molecular formula is C36H36ClN3O4. The number of halogens is 1. The molecule has 0 aliphatic carbocycles. The Kier molecular flexibility index (Phi) is 10.2. The van der Waals surface area contributed by atoms with E-state index in [1.165, 1.54) is 4.90 Å². The van der Waals surface area contributed by atoms with E-state index in [9.17, 15) is 15.0 Å². The number of aliphatic hydroxyl groups is 2. The van der Waals surface area contributed by atoms with Gasteiger partial charge in [-0.05, 0) is 71.6 Å². The maximum Gasteiger partial charge on any atom is 0.253 e. The number of carbonyl (C=O) groups excluding carboxylic acids is 1. The van der Waals surface area contributed by atoms with Gasteiger partial charge in [-0.3, -0.25) is 14.7 Å². The molecule has 1 heterocycles. The summed E-state index contributed by atoms with van der Waals surface area (Å²) in [6.07, 6.45) is 1.48. The lowest BCUT2D eigenvalue weighted by Gasteiger charge is -2.32. The lowest BCUT2D eigenvalue weighted by atomic mass is 10.0. The minimum absolute atomic E-state index is 0.0790. The fourth-order valence-corrected chi connectivity index (χ4v) is 5.40. The molecule has 2 atom stereocenters. The van der Waals surface area contributed by atoms with Gasteiger partial charge in [-0.1, -0.05) is 66.2 Å². The van der Waals surface area contributed by atoms with Crippen molar-refractivity contribution in [3.05, 3.63) is 137 Å². The van der Waals surface area contributed by atoms with Crippen molar-refractivity contribution in [1.82, 2.24) is 14.8 Å². The quantitative estimate of drug-likeness (QED) is 0.167. The number of carbonyl (C=O) groups is 1. The van der Waals surface area contributed by atoms with Crippen LogP contribution in [-0.4, -0.2) is 64.2 Å². The van der Waals surface area contributed by atoms with Crippen LogP contribution in [0, 0.1) is 0 Å². The number of aliphatic hydroxyl groups excluding tert-OH is 2. The molecule has 44 heavy (non-hydrogen) atoms. The van der Waals surface area contributed by atoms with Gasteiger partial charge in [0.2, 0.25) is 0 Å². The number of hydrogen-bond donors (Lipinski definition) is 2. The van der Waals surface area contributed by atoms with Gasteiger partial charge in [-0.2, -0.15) is 0 Å². The van der Waals surface area contributed by atoms with Gasteiger partial charge in [-0.25, -0.2) is 0 Å². The van der Waals surface area contributed by atoms with E-state index in [2.05, 4.69) is 9.88 Å². The maximum absolute atomic E-state index is 12.5. The van der Waals surface area contributed by atoms with E-state index in [0.717, 1.165) is 27.6 Å². The predicted molar refractivity (Wildman–Crippen MR) is 174 cm³/mol. The highest BCUT2D eigenvalue weighted by Gasteiger charge is 2.23. The summed E-state index contributed by atoms with van der Waals surface area (Å²) in [5.41, 5.74) is 4.14. The second kappa shape index (κ2) is 14.5. The van der Waals surface area contributed by atoms with E-state index in [-0.39, 0.29) is 18.6 Å². The first kappa shape index (κ1) is 31.2. The van der Waals surface area contributed by atoms with Crippen LogP contribution in [0.2, 0.25) is 5.02 Å². The van der Waals surface area contributed by atoms with Crippen molar-refractivity contribution in [2.24, 2.45) is 0 Å². The van der Waals surface area contributed by atoms with Crippen LogP contribution < -0.4 is 4.74 Å². The molecule has 1 aromatic heterocycles. The van der Waals surface area contributed by atoms with Crippen LogP contribution in [0.4, 0.5) is 0 Å². The summed E-state index contributed by atoms with van der Waals surface area (Å²) in [6, 6.07) is 32.0. The van der Waals surface area contributed by atoms with Crippen LogP contribution in [0.5, 0.6) is 11.5 Å². The largest absolute Gasteiger partial charge is 0.457 e. The fourth-order valence-electron chi connectivity index (χ4n) is 5.21. The van der Waals surface area contributed by atoms with Crippen LogP contribution in [0.25, 0.3) is 10.9 Å². The third kappa shape index (κ3) is 7.81. The van der Waals surface area contributed by atoms with Crippen LogP contribution in [0.15, 0.2) is 109 Å². The van der Waals surface area contributed by atoms with Gasteiger partial charge in [-0.15, -0.1) is 0 Å². The Hall–Kier alpha value is -4.27. The average molecular weight is 610 g/mol. The first-order chi connectivity index (χ1) is 21.3. The van der Waals surface area contributed by atoms with E-state index in [1.807, 2.05) is 72.8 Å². The Morgan fingerprint density at radius 3 is 2.39 bits per heavy atom. The highest BCUT2D eigenvalue weighted by atomic mass is 35.5. The monoisotopic (exact) mass is 609 g/mol. The number of aromatic nitrogens is 1. The molecule has 2 N–H and O–H groups in total. The Morgan fingerprint density at radius 2 is 1.68 bits per heavy atom. The second-order valence-corrected chi connectivity index (χ2v) is 11.4. The number of nitrogens with zero attached hydrogens (tertiary/aromatic N) is 3. The number of fused-ring (bicyclic) bond motifs is 1. The van der Waals surface area contributed by atoms with Gasteiger partial charge in [0.25, 0.3) is 5.91 Å². The van der Waals surface area contributed by atoms with Crippen molar-refractivity contribution in [1.29, 1.82) is 0 Å². The Labute approximate surface area is 262 Å². The standard InChI is InChI=1S/C36H36ClN3O4/c1-39(2)36(43)28-13-16-33-32(21-28)35(17-18-38-33)44-31-14-11-25(12-15-31)19-30(24-41)40(22-26-7-4-3-5-8-26)23-34(42)27-9-6-10-29(37)20-27/h3-18,20-21,30,34,41-42H,19,22-24H2,1-2H3/t30-,34-/m0/s1. The average Bonchev–Trinajstić information content (AvgIpc) is 3.04. The highest BCUT2D eigenvalue weighted by molar-refractivity contribution is 6.30. The Balaban J connectivity index is 1.33. The van der Waals surface area contributed by atoms with E-state index < -0.39 is 6.10 Å². The summed E-state index contributed by atoms with van der Waals surface area (Å²) in [5.74, 6) is 1.16. The number of ether oxygens (including phenoxy) is 1. The zero-order chi connectivity index (χ0) is 31.1. The number of amides is 1.